The molecule has 0 radical (unpaired) electrons. The Balaban J connectivity index is 1.83. The van der Waals surface area contributed by atoms with Crippen LogP contribution in [-0.2, 0) is 0 Å². The van der Waals surface area contributed by atoms with Crippen molar-refractivity contribution >= 4 is 0 Å². The maximum atomic E-state index is 2.33. The largest absolute Gasteiger partial charge is 0.0628 e. The summed E-state index contributed by atoms with van der Waals surface area (Å²) in [7, 11) is 0. The number of rotatable bonds is 3. The van der Waals surface area contributed by atoms with Gasteiger partial charge in [-0.3, -0.25) is 0 Å². The van der Waals surface area contributed by atoms with Crippen molar-refractivity contribution in [3.8, 4) is 0 Å². The third-order valence-electron chi connectivity index (χ3n) is 3.31. The molecule has 0 heterocycles. The van der Waals surface area contributed by atoms with Crippen molar-refractivity contribution in [3.63, 3.8) is 0 Å². The topological polar surface area (TPSA) is 0 Å². The molecule has 0 bridgehead atoms. The fraction of sp³-hybridized carbons (Fsp3) is 0.571. The monoisotopic (exact) mass is 188 g/mol. The molecule has 0 heteroatoms. The molecule has 0 N–H and O–H groups in total. The van der Waals surface area contributed by atoms with E-state index < -0.39 is 0 Å². The molecule has 1 aliphatic carbocycles. The van der Waals surface area contributed by atoms with E-state index >= 15 is 0 Å². The van der Waals surface area contributed by atoms with E-state index in [0.717, 1.165) is 17.8 Å². The van der Waals surface area contributed by atoms with E-state index in [2.05, 4.69) is 44.2 Å². The van der Waals surface area contributed by atoms with E-state index in [1.54, 1.807) is 5.56 Å². The van der Waals surface area contributed by atoms with Gasteiger partial charge in [-0.05, 0) is 42.6 Å². The summed E-state index contributed by atoms with van der Waals surface area (Å²) in [5.74, 6) is 2.73. The molecule has 1 aliphatic rings. The molecule has 2 rings (SSSR count). The van der Waals surface area contributed by atoms with Crippen molar-refractivity contribution in [2.75, 3.05) is 0 Å². The molecule has 1 aromatic carbocycles. The highest BCUT2D eigenvalue weighted by Crippen LogP contribution is 2.44. The number of hydrogen-bond donors (Lipinski definition) is 0. The van der Waals surface area contributed by atoms with Crippen LogP contribution in [0.3, 0.4) is 0 Å². The lowest BCUT2D eigenvalue weighted by Gasteiger charge is -2.36. The molecule has 0 saturated heterocycles. The molecule has 1 fully saturated rings. The summed E-state index contributed by atoms with van der Waals surface area (Å²) < 4.78 is 0. The highest BCUT2D eigenvalue weighted by molar-refractivity contribution is 5.21. The van der Waals surface area contributed by atoms with Crippen LogP contribution in [0, 0.1) is 11.8 Å². The smallest absolute Gasteiger partial charge is 0.0157 e. The highest BCUT2D eigenvalue weighted by atomic mass is 14.3. The van der Waals surface area contributed by atoms with E-state index in [9.17, 15) is 0 Å². The molecule has 76 valence electrons. The van der Waals surface area contributed by atoms with Crippen molar-refractivity contribution in [3.05, 3.63) is 35.9 Å². The van der Waals surface area contributed by atoms with Crippen LogP contribution in [0.1, 0.15) is 44.6 Å². The molecule has 1 aromatic rings. The first-order valence-electron chi connectivity index (χ1n) is 5.80. The second-order valence-corrected chi connectivity index (χ2v) is 5.07. The Bertz CT molecular complexity index is 267. The van der Waals surface area contributed by atoms with E-state index in [1.807, 2.05) is 0 Å². The lowest BCUT2D eigenvalue weighted by Crippen LogP contribution is -2.23. The van der Waals surface area contributed by atoms with Gasteiger partial charge in [0.1, 0.15) is 0 Å². The fourth-order valence-electron chi connectivity index (χ4n) is 2.59. The summed E-state index contributed by atoms with van der Waals surface area (Å²) in [5.41, 5.74) is 1.55. The van der Waals surface area contributed by atoms with Gasteiger partial charge in [0, 0.05) is 0 Å². The van der Waals surface area contributed by atoms with Crippen LogP contribution >= 0.6 is 0 Å². The van der Waals surface area contributed by atoms with Crippen LogP contribution in [0.2, 0.25) is 0 Å². The number of benzene rings is 1. The van der Waals surface area contributed by atoms with Gasteiger partial charge in [-0.25, -0.2) is 0 Å². The van der Waals surface area contributed by atoms with Gasteiger partial charge in [0.05, 0.1) is 0 Å². The molecule has 0 amide bonds. The van der Waals surface area contributed by atoms with Crippen molar-refractivity contribution in [1.29, 1.82) is 0 Å². The van der Waals surface area contributed by atoms with E-state index in [-0.39, 0.29) is 0 Å². The average molecular weight is 188 g/mol. The third kappa shape index (κ3) is 2.17. The van der Waals surface area contributed by atoms with Crippen LogP contribution in [0.15, 0.2) is 30.3 Å². The summed E-state index contributed by atoms with van der Waals surface area (Å²) in [4.78, 5) is 0. The lowest BCUT2D eigenvalue weighted by atomic mass is 9.69. The molecule has 1 saturated carbocycles. The molecule has 0 atom stereocenters. The van der Waals surface area contributed by atoms with E-state index in [1.165, 1.54) is 19.3 Å². The standard InChI is InChI=1S/C14H20/c1-11(2)8-12-9-14(10-12)13-6-4-3-5-7-13/h3-7,11-12,14H,8-10H2,1-2H3. The van der Waals surface area contributed by atoms with Crippen molar-refractivity contribution in [1.82, 2.24) is 0 Å². The average Bonchev–Trinajstić information content (AvgIpc) is 2.12. The normalized spacial score (nSPS) is 26.2. The van der Waals surface area contributed by atoms with Crippen molar-refractivity contribution in [2.24, 2.45) is 11.8 Å². The highest BCUT2D eigenvalue weighted by Gasteiger charge is 2.29. The third-order valence-corrected chi connectivity index (χ3v) is 3.31. The van der Waals surface area contributed by atoms with Gasteiger partial charge in [0.25, 0.3) is 0 Å². The summed E-state index contributed by atoms with van der Waals surface area (Å²) in [6.45, 7) is 4.66. The van der Waals surface area contributed by atoms with Crippen LogP contribution in [0.25, 0.3) is 0 Å². The Morgan fingerprint density at radius 2 is 1.79 bits per heavy atom. The number of hydrogen-bond acceptors (Lipinski definition) is 0. The van der Waals surface area contributed by atoms with Crippen LogP contribution in [0.5, 0.6) is 0 Å². The molecule has 0 unspecified atom stereocenters. The zero-order valence-electron chi connectivity index (χ0n) is 9.24. The molecular weight excluding hydrogens is 168 g/mol. The zero-order valence-corrected chi connectivity index (χ0v) is 9.24. The zero-order chi connectivity index (χ0) is 9.97. The van der Waals surface area contributed by atoms with Gasteiger partial charge in [0.15, 0.2) is 0 Å². The van der Waals surface area contributed by atoms with Gasteiger partial charge in [-0.15, -0.1) is 0 Å². The second-order valence-electron chi connectivity index (χ2n) is 5.07. The fourth-order valence-corrected chi connectivity index (χ4v) is 2.59. The molecule has 14 heavy (non-hydrogen) atoms. The Morgan fingerprint density at radius 1 is 1.14 bits per heavy atom. The molecule has 0 aliphatic heterocycles. The maximum absolute atomic E-state index is 2.33. The minimum atomic E-state index is 0.861. The first-order chi connectivity index (χ1) is 6.75. The Hall–Kier alpha value is -0.780. The SMILES string of the molecule is CC(C)CC1CC(c2ccccc2)C1. The predicted molar refractivity (Wildman–Crippen MR) is 61.4 cm³/mol. The summed E-state index contributed by atoms with van der Waals surface area (Å²) in [6, 6.07) is 11.0. The first-order valence-corrected chi connectivity index (χ1v) is 5.80. The van der Waals surface area contributed by atoms with Crippen molar-refractivity contribution < 1.29 is 0 Å². The Kier molecular flexibility index (Phi) is 2.90. The van der Waals surface area contributed by atoms with Gasteiger partial charge >= 0.3 is 0 Å². The Morgan fingerprint density at radius 3 is 2.36 bits per heavy atom. The quantitative estimate of drug-likeness (QED) is 0.666. The minimum Gasteiger partial charge on any atom is -0.0628 e. The van der Waals surface area contributed by atoms with E-state index in [0.29, 0.717) is 0 Å². The van der Waals surface area contributed by atoms with Gasteiger partial charge in [0.2, 0.25) is 0 Å². The molecule has 0 nitrogen and oxygen atoms in total. The molecular formula is C14H20. The van der Waals surface area contributed by atoms with Crippen LogP contribution in [-0.4, -0.2) is 0 Å². The van der Waals surface area contributed by atoms with E-state index in [4.69, 9.17) is 0 Å². The molecule has 0 aromatic heterocycles. The summed E-state index contributed by atoms with van der Waals surface area (Å²) in [5, 5.41) is 0. The van der Waals surface area contributed by atoms with Crippen LogP contribution in [0.4, 0.5) is 0 Å². The first kappa shape index (κ1) is 9.76. The maximum Gasteiger partial charge on any atom is -0.0157 e. The Labute approximate surface area is 87.3 Å². The summed E-state index contributed by atoms with van der Waals surface area (Å²) in [6.07, 6.45) is 4.26. The van der Waals surface area contributed by atoms with Crippen LogP contribution < -0.4 is 0 Å². The van der Waals surface area contributed by atoms with Gasteiger partial charge < -0.3 is 0 Å². The van der Waals surface area contributed by atoms with Gasteiger partial charge in [-0.2, -0.15) is 0 Å². The van der Waals surface area contributed by atoms with Crippen molar-refractivity contribution in [2.45, 2.75) is 39.0 Å². The second kappa shape index (κ2) is 4.16. The summed E-state index contributed by atoms with van der Waals surface area (Å²) >= 11 is 0. The minimum absolute atomic E-state index is 0.861. The lowest BCUT2D eigenvalue weighted by molar-refractivity contribution is 0.223. The van der Waals surface area contributed by atoms with Gasteiger partial charge in [-0.1, -0.05) is 44.2 Å². The molecule has 0 spiro atoms. The predicted octanol–water partition coefficient (Wildman–Crippen LogP) is 4.23.